The van der Waals surface area contributed by atoms with Gasteiger partial charge in [-0.15, -0.1) is 12.4 Å². The molecular formula is C26H36ClN3O2. The highest BCUT2D eigenvalue weighted by atomic mass is 35.5. The first kappa shape index (κ1) is 24.6. The third kappa shape index (κ3) is 5.64. The van der Waals surface area contributed by atoms with Gasteiger partial charge in [-0.05, 0) is 75.5 Å². The van der Waals surface area contributed by atoms with Crippen LogP contribution in [0.4, 0.5) is 0 Å². The second-order valence-corrected chi connectivity index (χ2v) is 8.98. The van der Waals surface area contributed by atoms with Crippen LogP contribution >= 0.6 is 12.4 Å². The zero-order valence-electron chi connectivity index (χ0n) is 19.0. The SMILES string of the molecule is CCOc1ccc(CN2CCC3(CCN(CC[C@H](N)c4ccccc4)CC3)C2=O)cc1.Cl. The number of carbonyl (C=O) groups excluding carboxylic acids is 1. The summed E-state index contributed by atoms with van der Waals surface area (Å²) in [5.74, 6) is 1.23. The second-order valence-electron chi connectivity index (χ2n) is 8.98. The summed E-state index contributed by atoms with van der Waals surface area (Å²) in [6.07, 6.45) is 3.87. The fourth-order valence-electron chi connectivity index (χ4n) is 4.98. The van der Waals surface area contributed by atoms with Crippen LogP contribution in [-0.2, 0) is 11.3 Å². The number of halogens is 1. The maximum Gasteiger partial charge on any atom is 0.229 e. The van der Waals surface area contributed by atoms with E-state index < -0.39 is 0 Å². The maximum atomic E-state index is 13.3. The van der Waals surface area contributed by atoms with E-state index in [9.17, 15) is 4.79 Å². The molecule has 0 saturated carbocycles. The van der Waals surface area contributed by atoms with Gasteiger partial charge in [0.2, 0.25) is 5.91 Å². The summed E-state index contributed by atoms with van der Waals surface area (Å²) in [6, 6.07) is 18.5. The lowest BCUT2D eigenvalue weighted by molar-refractivity contribution is -0.138. The van der Waals surface area contributed by atoms with Crippen LogP contribution in [0.5, 0.6) is 5.75 Å². The molecule has 5 nitrogen and oxygen atoms in total. The molecule has 2 aliphatic heterocycles. The Morgan fingerprint density at radius 1 is 1.00 bits per heavy atom. The number of nitrogens with two attached hydrogens (primary N) is 1. The third-order valence-electron chi connectivity index (χ3n) is 7.01. The average molecular weight is 458 g/mol. The molecule has 0 unspecified atom stereocenters. The van der Waals surface area contributed by atoms with Crippen molar-refractivity contribution in [1.82, 2.24) is 9.80 Å². The molecule has 0 aromatic heterocycles. The summed E-state index contributed by atoms with van der Waals surface area (Å²) < 4.78 is 5.52. The summed E-state index contributed by atoms with van der Waals surface area (Å²) in [5, 5.41) is 0. The van der Waals surface area contributed by atoms with E-state index in [1.807, 2.05) is 37.3 Å². The molecule has 2 heterocycles. The molecule has 2 aromatic carbocycles. The van der Waals surface area contributed by atoms with Gasteiger partial charge in [0.1, 0.15) is 5.75 Å². The monoisotopic (exact) mass is 457 g/mol. The van der Waals surface area contributed by atoms with E-state index in [0.717, 1.165) is 57.6 Å². The van der Waals surface area contributed by atoms with Crippen molar-refractivity contribution < 1.29 is 9.53 Å². The molecule has 2 aromatic rings. The number of benzene rings is 2. The Morgan fingerprint density at radius 2 is 1.66 bits per heavy atom. The highest BCUT2D eigenvalue weighted by Gasteiger charge is 2.47. The van der Waals surface area contributed by atoms with E-state index in [2.05, 4.69) is 34.1 Å². The number of ether oxygens (including phenoxy) is 1. The number of likely N-dealkylation sites (tertiary alicyclic amines) is 2. The van der Waals surface area contributed by atoms with Crippen molar-refractivity contribution in [2.24, 2.45) is 11.1 Å². The van der Waals surface area contributed by atoms with Gasteiger partial charge in [0, 0.05) is 19.1 Å². The van der Waals surface area contributed by atoms with Gasteiger partial charge in [0.15, 0.2) is 0 Å². The molecule has 2 saturated heterocycles. The Balaban J connectivity index is 0.00000289. The van der Waals surface area contributed by atoms with Crippen LogP contribution in [0.15, 0.2) is 54.6 Å². The first-order valence-corrected chi connectivity index (χ1v) is 11.6. The van der Waals surface area contributed by atoms with Gasteiger partial charge >= 0.3 is 0 Å². The zero-order valence-corrected chi connectivity index (χ0v) is 19.9. The van der Waals surface area contributed by atoms with E-state index in [1.165, 1.54) is 11.1 Å². The molecule has 32 heavy (non-hydrogen) atoms. The van der Waals surface area contributed by atoms with Crippen molar-refractivity contribution in [2.75, 3.05) is 32.8 Å². The average Bonchev–Trinajstić information content (AvgIpc) is 3.10. The standard InChI is InChI=1S/C26H35N3O2.ClH/c1-2-31-23-10-8-21(9-11-23)20-29-19-15-26(25(29)30)13-17-28(18-14-26)16-12-24(27)22-6-4-3-5-7-22;/h3-11,24H,2,12-20,27H2,1H3;1H/t24-;/m0./s1. The topological polar surface area (TPSA) is 58.8 Å². The van der Waals surface area contributed by atoms with E-state index in [-0.39, 0.29) is 23.9 Å². The Kier molecular flexibility index (Phi) is 8.57. The number of amides is 1. The van der Waals surface area contributed by atoms with Crippen molar-refractivity contribution in [1.29, 1.82) is 0 Å². The quantitative estimate of drug-likeness (QED) is 0.637. The molecule has 2 N–H and O–H groups in total. The van der Waals surface area contributed by atoms with Crippen molar-refractivity contribution in [2.45, 2.75) is 45.2 Å². The molecule has 1 atom stereocenters. The third-order valence-corrected chi connectivity index (χ3v) is 7.01. The number of hydrogen-bond donors (Lipinski definition) is 1. The van der Waals surface area contributed by atoms with E-state index >= 15 is 0 Å². The molecule has 0 aliphatic carbocycles. The zero-order chi connectivity index (χ0) is 21.7. The second kappa shape index (κ2) is 11.2. The van der Waals surface area contributed by atoms with E-state index in [0.29, 0.717) is 19.1 Å². The van der Waals surface area contributed by atoms with Gasteiger partial charge in [0.05, 0.1) is 12.0 Å². The first-order valence-electron chi connectivity index (χ1n) is 11.6. The predicted octanol–water partition coefficient (Wildman–Crippen LogP) is 4.41. The van der Waals surface area contributed by atoms with Gasteiger partial charge in [-0.1, -0.05) is 42.5 Å². The van der Waals surface area contributed by atoms with Crippen LogP contribution < -0.4 is 10.5 Å². The van der Waals surface area contributed by atoms with Gasteiger partial charge in [0.25, 0.3) is 0 Å². The Hall–Kier alpha value is -2.08. The van der Waals surface area contributed by atoms with Gasteiger partial charge in [-0.3, -0.25) is 4.79 Å². The molecule has 0 radical (unpaired) electrons. The van der Waals surface area contributed by atoms with Crippen molar-refractivity contribution >= 4 is 18.3 Å². The molecule has 6 heteroatoms. The van der Waals surface area contributed by atoms with Crippen LogP contribution in [0, 0.1) is 5.41 Å². The smallest absolute Gasteiger partial charge is 0.229 e. The lowest BCUT2D eigenvalue weighted by Crippen LogP contribution is -2.45. The Morgan fingerprint density at radius 3 is 2.31 bits per heavy atom. The van der Waals surface area contributed by atoms with E-state index in [1.54, 1.807) is 0 Å². The molecule has 2 aliphatic rings. The summed E-state index contributed by atoms with van der Waals surface area (Å²) in [7, 11) is 0. The molecule has 174 valence electrons. The lowest BCUT2D eigenvalue weighted by Gasteiger charge is -2.38. The molecule has 0 bridgehead atoms. The number of hydrogen-bond acceptors (Lipinski definition) is 4. The first-order chi connectivity index (χ1) is 15.1. The van der Waals surface area contributed by atoms with E-state index in [4.69, 9.17) is 10.5 Å². The highest BCUT2D eigenvalue weighted by molar-refractivity contribution is 5.85. The molecule has 4 rings (SSSR count). The minimum Gasteiger partial charge on any atom is -0.494 e. The molecule has 1 spiro atoms. The minimum atomic E-state index is -0.149. The Labute approximate surface area is 198 Å². The number of nitrogens with zero attached hydrogens (tertiary/aromatic N) is 2. The summed E-state index contributed by atoms with van der Waals surface area (Å²) in [6.45, 7) is 7.19. The van der Waals surface area contributed by atoms with Crippen LogP contribution in [0.1, 0.15) is 49.8 Å². The van der Waals surface area contributed by atoms with Gasteiger partial charge in [-0.25, -0.2) is 0 Å². The van der Waals surface area contributed by atoms with Crippen LogP contribution in [0.3, 0.4) is 0 Å². The largest absolute Gasteiger partial charge is 0.494 e. The number of piperidine rings is 1. The minimum absolute atomic E-state index is 0. The highest BCUT2D eigenvalue weighted by Crippen LogP contribution is 2.42. The molecule has 2 fully saturated rings. The van der Waals surface area contributed by atoms with Crippen molar-refractivity contribution in [3.8, 4) is 5.75 Å². The maximum absolute atomic E-state index is 13.3. The summed E-state index contributed by atoms with van der Waals surface area (Å²) in [5.41, 5.74) is 8.59. The number of rotatable bonds is 8. The number of carbonyl (C=O) groups is 1. The summed E-state index contributed by atoms with van der Waals surface area (Å²) in [4.78, 5) is 17.8. The van der Waals surface area contributed by atoms with Gasteiger partial charge < -0.3 is 20.3 Å². The van der Waals surface area contributed by atoms with Gasteiger partial charge in [-0.2, -0.15) is 0 Å². The molecular weight excluding hydrogens is 422 g/mol. The fourth-order valence-corrected chi connectivity index (χ4v) is 4.98. The fraction of sp³-hybridized carbons (Fsp3) is 0.500. The lowest BCUT2D eigenvalue weighted by atomic mass is 9.77. The van der Waals surface area contributed by atoms with Crippen LogP contribution in [0.2, 0.25) is 0 Å². The van der Waals surface area contributed by atoms with Crippen LogP contribution in [0.25, 0.3) is 0 Å². The normalized spacial score (nSPS) is 19.1. The van der Waals surface area contributed by atoms with Crippen LogP contribution in [-0.4, -0.2) is 48.5 Å². The van der Waals surface area contributed by atoms with Crippen molar-refractivity contribution in [3.05, 3.63) is 65.7 Å². The Bertz CT molecular complexity index is 851. The molecule has 1 amide bonds. The predicted molar refractivity (Wildman–Crippen MR) is 131 cm³/mol. The van der Waals surface area contributed by atoms with Crippen molar-refractivity contribution in [3.63, 3.8) is 0 Å². The summed E-state index contributed by atoms with van der Waals surface area (Å²) >= 11 is 0.